The molecule has 0 saturated carbocycles. The Bertz CT molecular complexity index is 536. The van der Waals surface area contributed by atoms with Crippen molar-refractivity contribution in [3.63, 3.8) is 0 Å². The van der Waals surface area contributed by atoms with E-state index in [1.807, 2.05) is 0 Å². The van der Waals surface area contributed by atoms with Crippen LogP contribution < -0.4 is 5.56 Å². The first kappa shape index (κ1) is 18.4. The van der Waals surface area contributed by atoms with E-state index in [4.69, 9.17) is 11.6 Å². The molecule has 2 aromatic heterocycles. The van der Waals surface area contributed by atoms with Gasteiger partial charge in [-0.05, 0) is 51.9 Å². The maximum absolute atomic E-state index is 10.2. The van der Waals surface area contributed by atoms with Gasteiger partial charge in [0, 0.05) is 18.5 Å². The number of halogens is 4. The molecule has 11 heteroatoms. The SMILES string of the molecule is Clc1cccnn1.O=P(Cl)(Cl)Cl.O=c1cccn[nH]1. The van der Waals surface area contributed by atoms with Crippen molar-refractivity contribution in [1.29, 1.82) is 0 Å². The van der Waals surface area contributed by atoms with Crippen LogP contribution in [-0.2, 0) is 4.57 Å². The molecule has 0 aliphatic carbocycles. The highest BCUT2D eigenvalue weighted by Gasteiger charge is 2.02. The van der Waals surface area contributed by atoms with E-state index >= 15 is 0 Å². The lowest BCUT2D eigenvalue weighted by molar-refractivity contribution is 0.600. The molecule has 0 saturated heterocycles. The normalized spacial score (nSPS) is 9.47. The first-order chi connectivity index (χ1) is 8.79. The van der Waals surface area contributed by atoms with E-state index in [-0.39, 0.29) is 5.56 Å². The van der Waals surface area contributed by atoms with Crippen molar-refractivity contribution < 1.29 is 4.57 Å². The largest absolute Gasteiger partial charge is 0.339 e. The van der Waals surface area contributed by atoms with Gasteiger partial charge in [0.1, 0.15) is 0 Å². The third-order valence-corrected chi connectivity index (χ3v) is 1.32. The molecule has 104 valence electrons. The monoisotopic (exact) mass is 362 g/mol. The molecule has 0 radical (unpaired) electrons. The van der Waals surface area contributed by atoms with Gasteiger partial charge in [-0.3, -0.25) is 9.36 Å². The van der Waals surface area contributed by atoms with Crippen molar-refractivity contribution >= 4 is 50.5 Å². The van der Waals surface area contributed by atoms with Crippen LogP contribution in [-0.4, -0.2) is 20.4 Å². The van der Waals surface area contributed by atoms with E-state index in [0.29, 0.717) is 5.15 Å². The smallest absolute Gasteiger partial charge is 0.271 e. The predicted octanol–water partition coefficient (Wildman–Crippen LogP) is 3.71. The molecule has 1 N–H and O–H groups in total. The van der Waals surface area contributed by atoms with E-state index in [1.54, 1.807) is 24.4 Å². The van der Waals surface area contributed by atoms with Crippen molar-refractivity contribution in [2.24, 2.45) is 0 Å². The summed E-state index contributed by atoms with van der Waals surface area (Å²) < 4.78 is 9.51. The van der Waals surface area contributed by atoms with Crippen LogP contribution in [0.1, 0.15) is 0 Å². The number of H-pyrrole nitrogens is 1. The lowest BCUT2D eigenvalue weighted by atomic mass is 10.6. The maximum atomic E-state index is 10.2. The lowest BCUT2D eigenvalue weighted by Crippen LogP contribution is -2.02. The van der Waals surface area contributed by atoms with E-state index in [0.717, 1.165) is 0 Å². The second-order valence-electron chi connectivity index (χ2n) is 2.56. The molecule has 0 fully saturated rings. The first-order valence-corrected chi connectivity index (χ1v) is 9.21. The third-order valence-electron chi connectivity index (χ3n) is 1.12. The fourth-order valence-corrected chi connectivity index (χ4v) is 0.711. The summed E-state index contributed by atoms with van der Waals surface area (Å²) in [4.78, 5) is 10.2. The first-order valence-electron chi connectivity index (χ1n) is 4.41. The topological polar surface area (TPSA) is 88.6 Å². The van der Waals surface area contributed by atoms with Crippen LogP contribution in [0, 0.1) is 0 Å². The van der Waals surface area contributed by atoms with Gasteiger partial charge in [-0.15, -0.1) is 5.10 Å². The van der Waals surface area contributed by atoms with Crippen LogP contribution in [0.3, 0.4) is 0 Å². The quantitative estimate of drug-likeness (QED) is 0.720. The van der Waals surface area contributed by atoms with Gasteiger partial charge in [-0.2, -0.15) is 10.2 Å². The van der Waals surface area contributed by atoms with Gasteiger partial charge < -0.3 is 0 Å². The fourth-order valence-electron chi connectivity index (χ4n) is 0.594. The molecule has 2 rings (SSSR count). The van der Waals surface area contributed by atoms with Crippen molar-refractivity contribution in [3.8, 4) is 0 Å². The molecule has 0 unspecified atom stereocenters. The van der Waals surface area contributed by atoms with Crippen LogP contribution >= 0.6 is 50.5 Å². The zero-order valence-corrected chi connectivity index (χ0v) is 13.0. The van der Waals surface area contributed by atoms with Gasteiger partial charge in [0.05, 0.1) is 0 Å². The van der Waals surface area contributed by atoms with E-state index in [9.17, 15) is 9.36 Å². The Labute approximate surface area is 127 Å². The molecule has 0 aromatic carbocycles. The van der Waals surface area contributed by atoms with Gasteiger partial charge in [0.2, 0.25) is 0 Å². The Balaban J connectivity index is 0.000000261. The second-order valence-corrected chi connectivity index (χ2v) is 9.59. The number of aromatic amines is 1. The molecule has 0 amide bonds. The molecule has 6 nitrogen and oxygen atoms in total. The molecule has 0 spiro atoms. The van der Waals surface area contributed by atoms with Crippen molar-refractivity contribution in [2.75, 3.05) is 0 Å². The highest BCUT2D eigenvalue weighted by Crippen LogP contribution is 2.61. The molecule has 2 aromatic rings. The van der Waals surface area contributed by atoms with E-state index < -0.39 is 5.20 Å². The number of hydrogen-bond acceptors (Lipinski definition) is 5. The fraction of sp³-hybridized carbons (Fsp3) is 0. The Hall–Kier alpha value is -0.650. The highest BCUT2D eigenvalue weighted by molar-refractivity contribution is 8.24. The number of aromatic nitrogens is 4. The number of nitrogens with one attached hydrogen (secondary N) is 1. The number of hydrogen-bond donors (Lipinski definition) is 1. The van der Waals surface area contributed by atoms with Gasteiger partial charge in [-0.1, -0.05) is 11.6 Å². The molecule has 0 aliphatic heterocycles. The van der Waals surface area contributed by atoms with Crippen LogP contribution in [0.2, 0.25) is 5.15 Å². The summed E-state index contributed by atoms with van der Waals surface area (Å²) in [6.07, 6.45) is 3.09. The lowest BCUT2D eigenvalue weighted by Gasteiger charge is -1.78. The summed E-state index contributed by atoms with van der Waals surface area (Å²) in [5.74, 6) is 0. The second kappa shape index (κ2) is 10.2. The van der Waals surface area contributed by atoms with Crippen LogP contribution in [0.25, 0.3) is 0 Å². The average Bonchev–Trinajstić information content (AvgIpc) is 2.29. The Morgan fingerprint density at radius 3 is 1.89 bits per heavy atom. The van der Waals surface area contributed by atoms with Gasteiger partial charge in [-0.25, -0.2) is 5.10 Å². The minimum absolute atomic E-state index is 0.164. The summed E-state index contributed by atoms with van der Waals surface area (Å²) in [6, 6.07) is 6.40. The van der Waals surface area contributed by atoms with Crippen LogP contribution in [0.15, 0.2) is 41.5 Å². The number of rotatable bonds is 0. The molecule has 19 heavy (non-hydrogen) atoms. The minimum atomic E-state index is -3.22. The summed E-state index contributed by atoms with van der Waals surface area (Å²) in [5, 5.41) is 9.88. The van der Waals surface area contributed by atoms with E-state index in [1.165, 1.54) is 12.3 Å². The van der Waals surface area contributed by atoms with Gasteiger partial charge in [0.15, 0.2) is 5.15 Å². The van der Waals surface area contributed by atoms with E-state index in [2.05, 4.69) is 54.1 Å². The summed E-state index contributed by atoms with van der Waals surface area (Å²) in [6.45, 7) is 0. The third kappa shape index (κ3) is 17.4. The number of nitrogens with zero attached hydrogens (tertiary/aromatic N) is 3. The summed E-state index contributed by atoms with van der Waals surface area (Å²) in [5.41, 5.74) is -0.164. The molecule has 0 aliphatic rings. The zero-order valence-electron chi connectivity index (χ0n) is 9.08. The summed E-state index contributed by atoms with van der Waals surface area (Å²) in [7, 11) is 0. The summed E-state index contributed by atoms with van der Waals surface area (Å²) >= 11 is 19.2. The zero-order chi connectivity index (χ0) is 14.7. The Morgan fingerprint density at radius 2 is 1.68 bits per heavy atom. The highest BCUT2D eigenvalue weighted by atomic mass is 36.0. The van der Waals surface area contributed by atoms with Crippen LogP contribution in [0.4, 0.5) is 0 Å². The maximum Gasteiger partial charge on any atom is 0.339 e. The Kier molecular flexibility index (Phi) is 9.83. The van der Waals surface area contributed by atoms with Gasteiger partial charge >= 0.3 is 5.20 Å². The molecular weight excluding hydrogens is 357 g/mol. The minimum Gasteiger partial charge on any atom is -0.271 e. The van der Waals surface area contributed by atoms with Crippen molar-refractivity contribution in [1.82, 2.24) is 20.4 Å². The van der Waals surface area contributed by atoms with Crippen LogP contribution in [0.5, 0.6) is 0 Å². The molecule has 0 atom stereocenters. The van der Waals surface area contributed by atoms with Crippen molar-refractivity contribution in [3.05, 3.63) is 52.2 Å². The standard InChI is InChI=1S/C4H3ClN2.C4H4N2O.Cl3OP/c5-4-2-1-3-6-7-4;7-4-2-1-3-5-6-4;1-5(2,3)4/h1-3H;1-3H,(H,6,7);. The predicted molar refractivity (Wildman–Crippen MR) is 77.1 cm³/mol. The molecule has 2 heterocycles. The average molecular weight is 364 g/mol. The van der Waals surface area contributed by atoms with Gasteiger partial charge in [0.25, 0.3) is 5.56 Å². The van der Waals surface area contributed by atoms with Crippen molar-refractivity contribution in [2.45, 2.75) is 0 Å². The molecular formula is C8H7Cl4N4O2P. The Morgan fingerprint density at radius 1 is 1.11 bits per heavy atom. The molecule has 0 bridgehead atoms.